The molecule has 0 unspecified atom stereocenters. The van der Waals surface area contributed by atoms with Crippen LogP contribution in [0.25, 0.3) is 0 Å². The van der Waals surface area contributed by atoms with Crippen LogP contribution in [0.2, 0.25) is 0 Å². The van der Waals surface area contributed by atoms with E-state index in [0.717, 1.165) is 12.6 Å². The summed E-state index contributed by atoms with van der Waals surface area (Å²) in [5.41, 5.74) is 2.58. The van der Waals surface area contributed by atoms with Crippen LogP contribution in [-0.2, 0) is 5.88 Å². The third-order valence-corrected chi connectivity index (χ3v) is 3.06. The van der Waals surface area contributed by atoms with Gasteiger partial charge in [-0.15, -0.1) is 11.6 Å². The Kier molecular flexibility index (Phi) is 2.97. The number of nitrogens with zero attached hydrogens (tertiary/aromatic N) is 1. The lowest BCUT2D eigenvalue weighted by atomic mass is 10.2. The summed E-state index contributed by atoms with van der Waals surface area (Å²) in [5.74, 6) is 0.611. The average Bonchev–Trinajstić information content (AvgIpc) is 3.04. The minimum atomic E-state index is 0.611. The highest BCUT2D eigenvalue weighted by Crippen LogP contribution is 2.33. The fraction of sp³-hybridized carbons (Fsp3) is 0.500. The van der Waals surface area contributed by atoms with Crippen LogP contribution in [-0.4, -0.2) is 12.6 Å². The topological polar surface area (TPSA) is 3.24 Å². The fourth-order valence-corrected chi connectivity index (χ4v) is 2.14. The number of rotatable bonds is 4. The largest absolute Gasteiger partial charge is 0.369 e. The second kappa shape index (κ2) is 4.22. The number of benzene rings is 1. The molecule has 0 spiro atoms. The van der Waals surface area contributed by atoms with Crippen LogP contribution in [0.3, 0.4) is 0 Å². The molecule has 0 aromatic heterocycles. The van der Waals surface area contributed by atoms with Crippen LogP contribution in [0, 0.1) is 0 Å². The Morgan fingerprint density at radius 2 is 2.07 bits per heavy atom. The van der Waals surface area contributed by atoms with Crippen molar-refractivity contribution in [1.82, 2.24) is 0 Å². The molecule has 1 nitrogen and oxygen atoms in total. The van der Waals surface area contributed by atoms with E-state index in [1.807, 2.05) is 0 Å². The number of hydrogen-bond donors (Lipinski definition) is 0. The molecular formula is C12H16ClN. The van der Waals surface area contributed by atoms with Gasteiger partial charge in [0.1, 0.15) is 0 Å². The van der Waals surface area contributed by atoms with E-state index in [-0.39, 0.29) is 0 Å². The quantitative estimate of drug-likeness (QED) is 0.687. The molecule has 0 heterocycles. The molecule has 2 rings (SSSR count). The predicted molar refractivity (Wildman–Crippen MR) is 62.0 cm³/mol. The van der Waals surface area contributed by atoms with Crippen LogP contribution in [0.1, 0.15) is 25.3 Å². The first kappa shape index (κ1) is 9.85. The third kappa shape index (κ3) is 1.88. The number of hydrogen-bond acceptors (Lipinski definition) is 1. The maximum Gasteiger partial charge on any atom is 0.0494 e. The van der Waals surface area contributed by atoms with Crippen LogP contribution >= 0.6 is 11.6 Å². The van der Waals surface area contributed by atoms with Crippen molar-refractivity contribution in [2.24, 2.45) is 0 Å². The van der Waals surface area contributed by atoms with Crippen molar-refractivity contribution < 1.29 is 0 Å². The van der Waals surface area contributed by atoms with E-state index in [1.54, 1.807) is 0 Å². The van der Waals surface area contributed by atoms with Gasteiger partial charge in [-0.1, -0.05) is 18.2 Å². The lowest BCUT2D eigenvalue weighted by molar-refractivity contribution is 0.822. The smallest absolute Gasteiger partial charge is 0.0494 e. The SMILES string of the molecule is CCN(c1ccccc1CCl)C1CC1. The average molecular weight is 210 g/mol. The summed E-state index contributed by atoms with van der Waals surface area (Å²) in [7, 11) is 0. The van der Waals surface area contributed by atoms with Gasteiger partial charge < -0.3 is 4.90 Å². The predicted octanol–water partition coefficient (Wildman–Crippen LogP) is 3.41. The second-order valence-corrected chi connectivity index (χ2v) is 4.05. The second-order valence-electron chi connectivity index (χ2n) is 3.78. The van der Waals surface area contributed by atoms with Crippen LogP contribution in [0.15, 0.2) is 24.3 Å². The molecule has 0 N–H and O–H groups in total. The standard InChI is InChI=1S/C12H16ClN/c1-2-14(11-7-8-11)12-6-4-3-5-10(12)9-13/h3-6,11H,2,7-9H2,1H3. The number of anilines is 1. The maximum atomic E-state index is 5.93. The van der Waals surface area contributed by atoms with Gasteiger partial charge in [-0.25, -0.2) is 0 Å². The van der Waals surface area contributed by atoms with Crippen molar-refractivity contribution in [3.05, 3.63) is 29.8 Å². The van der Waals surface area contributed by atoms with Gasteiger partial charge in [-0.2, -0.15) is 0 Å². The van der Waals surface area contributed by atoms with E-state index in [9.17, 15) is 0 Å². The highest BCUT2D eigenvalue weighted by Gasteiger charge is 2.28. The van der Waals surface area contributed by atoms with E-state index >= 15 is 0 Å². The molecule has 1 fully saturated rings. The van der Waals surface area contributed by atoms with Gasteiger partial charge in [0, 0.05) is 24.2 Å². The molecule has 0 saturated heterocycles. The van der Waals surface area contributed by atoms with Gasteiger partial charge in [-0.05, 0) is 31.4 Å². The van der Waals surface area contributed by atoms with Crippen molar-refractivity contribution >= 4 is 17.3 Å². The highest BCUT2D eigenvalue weighted by atomic mass is 35.5. The van der Waals surface area contributed by atoms with Gasteiger partial charge in [0.15, 0.2) is 0 Å². The van der Waals surface area contributed by atoms with E-state index in [4.69, 9.17) is 11.6 Å². The summed E-state index contributed by atoms with van der Waals surface area (Å²) in [5, 5.41) is 0. The van der Waals surface area contributed by atoms with Crippen molar-refractivity contribution in [3.8, 4) is 0 Å². The lowest BCUT2D eigenvalue weighted by Gasteiger charge is -2.25. The Hall–Kier alpha value is -0.690. The Morgan fingerprint density at radius 1 is 1.36 bits per heavy atom. The number of alkyl halides is 1. The molecule has 1 aliphatic rings. The Balaban J connectivity index is 2.27. The molecule has 0 amide bonds. The minimum Gasteiger partial charge on any atom is -0.369 e. The molecule has 0 atom stereocenters. The molecule has 1 aromatic carbocycles. The van der Waals surface area contributed by atoms with Crippen molar-refractivity contribution in [3.63, 3.8) is 0 Å². The first-order chi connectivity index (χ1) is 6.86. The van der Waals surface area contributed by atoms with E-state index < -0.39 is 0 Å². The summed E-state index contributed by atoms with van der Waals surface area (Å²) in [4.78, 5) is 2.47. The number of halogens is 1. The van der Waals surface area contributed by atoms with Crippen molar-refractivity contribution in [1.29, 1.82) is 0 Å². The van der Waals surface area contributed by atoms with Crippen molar-refractivity contribution in [2.75, 3.05) is 11.4 Å². The monoisotopic (exact) mass is 209 g/mol. The summed E-state index contributed by atoms with van der Waals surface area (Å²) in [6.45, 7) is 3.29. The minimum absolute atomic E-state index is 0.611. The molecule has 0 aliphatic heterocycles. The zero-order valence-corrected chi connectivity index (χ0v) is 9.30. The summed E-state index contributed by atoms with van der Waals surface area (Å²) in [6, 6.07) is 9.22. The van der Waals surface area contributed by atoms with Gasteiger partial charge in [0.05, 0.1) is 0 Å². The van der Waals surface area contributed by atoms with Gasteiger partial charge >= 0.3 is 0 Å². The Morgan fingerprint density at radius 3 is 2.64 bits per heavy atom. The molecular weight excluding hydrogens is 194 g/mol. The Bertz CT molecular complexity index is 307. The van der Waals surface area contributed by atoms with E-state index in [1.165, 1.54) is 24.1 Å². The number of para-hydroxylation sites is 1. The molecule has 1 aromatic rings. The summed E-state index contributed by atoms with van der Waals surface area (Å²) in [6.07, 6.45) is 2.68. The maximum absolute atomic E-state index is 5.93. The van der Waals surface area contributed by atoms with Gasteiger partial charge in [-0.3, -0.25) is 0 Å². The molecule has 0 bridgehead atoms. The summed E-state index contributed by atoms with van der Waals surface area (Å²) >= 11 is 5.93. The third-order valence-electron chi connectivity index (χ3n) is 2.77. The van der Waals surface area contributed by atoms with Crippen LogP contribution in [0.4, 0.5) is 5.69 Å². The normalized spacial score (nSPS) is 15.6. The highest BCUT2D eigenvalue weighted by molar-refractivity contribution is 6.17. The molecule has 14 heavy (non-hydrogen) atoms. The zero-order chi connectivity index (χ0) is 9.97. The molecule has 1 aliphatic carbocycles. The summed E-state index contributed by atoms with van der Waals surface area (Å²) < 4.78 is 0. The van der Waals surface area contributed by atoms with E-state index in [2.05, 4.69) is 36.1 Å². The first-order valence-corrected chi connectivity index (χ1v) is 5.80. The van der Waals surface area contributed by atoms with E-state index in [0.29, 0.717) is 5.88 Å². The van der Waals surface area contributed by atoms with Crippen LogP contribution < -0.4 is 4.90 Å². The van der Waals surface area contributed by atoms with Gasteiger partial charge in [0.25, 0.3) is 0 Å². The van der Waals surface area contributed by atoms with Crippen molar-refractivity contribution in [2.45, 2.75) is 31.7 Å². The molecule has 0 radical (unpaired) electrons. The fourth-order valence-electron chi connectivity index (χ4n) is 1.92. The first-order valence-electron chi connectivity index (χ1n) is 5.27. The molecule has 1 saturated carbocycles. The molecule has 76 valence electrons. The lowest BCUT2D eigenvalue weighted by Crippen LogP contribution is -2.25. The van der Waals surface area contributed by atoms with Gasteiger partial charge in [0.2, 0.25) is 0 Å². The van der Waals surface area contributed by atoms with Crippen LogP contribution in [0.5, 0.6) is 0 Å². The molecule has 2 heteroatoms. The zero-order valence-electron chi connectivity index (χ0n) is 8.54. The Labute approximate surface area is 90.7 Å².